The molecular weight excluding hydrogens is 297 g/mol. The van der Waals surface area contributed by atoms with Crippen LogP contribution in [0.25, 0.3) is 0 Å². The lowest BCUT2D eigenvalue weighted by Gasteiger charge is -2.31. The van der Waals surface area contributed by atoms with Gasteiger partial charge in [-0.25, -0.2) is 4.98 Å². The maximum atomic E-state index is 12.6. The Balaban J connectivity index is 2.15. The monoisotopic (exact) mass is 310 g/mol. The summed E-state index contributed by atoms with van der Waals surface area (Å²) in [6.45, 7) is 3.78. The summed E-state index contributed by atoms with van der Waals surface area (Å²) in [7, 11) is 0. The van der Waals surface area contributed by atoms with Crippen molar-refractivity contribution in [2.45, 2.75) is 51.2 Å². The van der Waals surface area contributed by atoms with Crippen molar-refractivity contribution in [2.75, 3.05) is 0 Å². The molecule has 1 aromatic rings. The highest BCUT2D eigenvalue weighted by atomic mass is 35.5. The molecule has 1 aliphatic heterocycles. The largest absolute Gasteiger partial charge is 0.474 e. The van der Waals surface area contributed by atoms with Crippen LogP contribution in [0.5, 0.6) is 5.88 Å². The number of rotatable bonds is 2. The van der Waals surface area contributed by atoms with E-state index in [0.29, 0.717) is 12.8 Å². The number of alkyl halides is 3. The summed E-state index contributed by atoms with van der Waals surface area (Å²) in [6, 6.07) is 1.18. The number of ether oxygens (including phenoxy) is 2. The topological polar surface area (TPSA) is 44.2 Å². The molecule has 0 amide bonds. The Labute approximate surface area is 119 Å². The number of halogens is 4. The van der Waals surface area contributed by atoms with Crippen LogP contribution < -0.4 is 4.74 Å². The lowest BCUT2D eigenvalue weighted by molar-refractivity contribution is -0.145. The lowest BCUT2D eigenvalue weighted by Crippen LogP contribution is -2.36. The van der Waals surface area contributed by atoms with Crippen LogP contribution in [-0.4, -0.2) is 28.3 Å². The van der Waals surface area contributed by atoms with Gasteiger partial charge in [-0.2, -0.15) is 18.2 Å². The van der Waals surface area contributed by atoms with E-state index in [-0.39, 0.29) is 29.3 Å². The van der Waals surface area contributed by atoms with Crippen LogP contribution in [0, 0.1) is 0 Å². The van der Waals surface area contributed by atoms with E-state index in [1.54, 1.807) is 0 Å². The lowest BCUT2D eigenvalue weighted by atomic mass is 10.0. The average molecular weight is 311 g/mol. The second kappa shape index (κ2) is 5.73. The molecule has 0 spiro atoms. The predicted molar refractivity (Wildman–Crippen MR) is 65.7 cm³/mol. The van der Waals surface area contributed by atoms with E-state index in [2.05, 4.69) is 9.97 Å². The highest BCUT2D eigenvalue weighted by molar-refractivity contribution is 6.29. The minimum atomic E-state index is -4.65. The molecule has 2 rings (SSSR count). The quantitative estimate of drug-likeness (QED) is 0.784. The SMILES string of the molecule is CC1CC(Oc2cc(Cl)nc(C(F)(F)F)n2)CC(C)O1. The van der Waals surface area contributed by atoms with Crippen molar-refractivity contribution < 1.29 is 22.6 Å². The average Bonchev–Trinajstić information content (AvgIpc) is 2.25. The van der Waals surface area contributed by atoms with Gasteiger partial charge in [0.25, 0.3) is 0 Å². The molecule has 1 fully saturated rings. The van der Waals surface area contributed by atoms with Crippen molar-refractivity contribution in [1.29, 1.82) is 0 Å². The first-order valence-electron chi connectivity index (χ1n) is 6.18. The minimum absolute atomic E-state index is 0.0110. The third-order valence-electron chi connectivity index (χ3n) is 2.87. The van der Waals surface area contributed by atoms with Crippen molar-refractivity contribution in [2.24, 2.45) is 0 Å². The first-order valence-corrected chi connectivity index (χ1v) is 6.55. The molecule has 0 aromatic carbocycles. The molecule has 1 saturated heterocycles. The Morgan fingerprint density at radius 2 is 1.85 bits per heavy atom. The van der Waals surface area contributed by atoms with Crippen LogP contribution in [0.2, 0.25) is 5.15 Å². The first-order chi connectivity index (χ1) is 9.24. The van der Waals surface area contributed by atoms with Crippen molar-refractivity contribution >= 4 is 11.6 Å². The van der Waals surface area contributed by atoms with E-state index in [4.69, 9.17) is 21.1 Å². The van der Waals surface area contributed by atoms with Crippen LogP contribution in [-0.2, 0) is 10.9 Å². The van der Waals surface area contributed by atoms with Crippen molar-refractivity contribution in [3.05, 3.63) is 17.0 Å². The molecule has 2 heterocycles. The molecule has 4 nitrogen and oxygen atoms in total. The van der Waals surface area contributed by atoms with E-state index >= 15 is 0 Å². The molecule has 0 aliphatic carbocycles. The Morgan fingerprint density at radius 3 is 2.40 bits per heavy atom. The van der Waals surface area contributed by atoms with Gasteiger partial charge in [0.1, 0.15) is 11.3 Å². The van der Waals surface area contributed by atoms with E-state index in [1.807, 2.05) is 13.8 Å². The summed E-state index contributed by atoms with van der Waals surface area (Å²) in [5, 5.41) is -0.296. The Bertz CT molecular complexity index is 474. The molecule has 20 heavy (non-hydrogen) atoms. The maximum absolute atomic E-state index is 12.6. The van der Waals surface area contributed by atoms with Gasteiger partial charge in [0.15, 0.2) is 0 Å². The molecule has 1 aliphatic rings. The van der Waals surface area contributed by atoms with Gasteiger partial charge in [-0.1, -0.05) is 11.6 Å². The smallest absolute Gasteiger partial charge is 0.451 e. The molecule has 0 saturated carbocycles. The molecule has 2 unspecified atom stereocenters. The van der Waals surface area contributed by atoms with Crippen molar-refractivity contribution in [3.8, 4) is 5.88 Å². The summed E-state index contributed by atoms with van der Waals surface area (Å²) in [4.78, 5) is 6.52. The fraction of sp³-hybridized carbons (Fsp3) is 0.667. The van der Waals surface area contributed by atoms with Gasteiger partial charge in [-0.15, -0.1) is 0 Å². The molecule has 112 valence electrons. The van der Waals surface area contributed by atoms with Gasteiger partial charge in [-0.05, 0) is 13.8 Å². The summed E-state index contributed by atoms with van der Waals surface area (Å²) in [5.74, 6) is -1.46. The minimum Gasteiger partial charge on any atom is -0.474 e. The summed E-state index contributed by atoms with van der Waals surface area (Å²) < 4.78 is 48.8. The highest BCUT2D eigenvalue weighted by Crippen LogP contribution is 2.30. The summed E-state index contributed by atoms with van der Waals surface area (Å²) in [5.41, 5.74) is 0. The zero-order valence-electron chi connectivity index (χ0n) is 10.9. The molecule has 1 aromatic heterocycles. The van der Waals surface area contributed by atoms with E-state index in [0.717, 1.165) is 0 Å². The van der Waals surface area contributed by atoms with E-state index < -0.39 is 12.0 Å². The normalized spacial score (nSPS) is 27.4. The van der Waals surface area contributed by atoms with Gasteiger partial charge in [0, 0.05) is 18.9 Å². The third-order valence-corrected chi connectivity index (χ3v) is 3.06. The van der Waals surface area contributed by atoms with Gasteiger partial charge >= 0.3 is 6.18 Å². The van der Waals surface area contributed by atoms with Crippen molar-refractivity contribution in [3.63, 3.8) is 0 Å². The standard InChI is InChI=1S/C12H14ClF3N2O2/c1-6-3-8(4-7(2)19-6)20-10-5-9(13)17-11(18-10)12(14,15)16/h5-8H,3-4H2,1-2H3. The van der Waals surface area contributed by atoms with Crippen LogP contribution in [0.4, 0.5) is 13.2 Å². The predicted octanol–water partition coefficient (Wildman–Crippen LogP) is 3.48. The Kier molecular flexibility index (Phi) is 4.39. The Hall–Kier alpha value is -1.08. The summed E-state index contributed by atoms with van der Waals surface area (Å²) in [6.07, 6.45) is -3.74. The zero-order chi connectivity index (χ0) is 14.9. The van der Waals surface area contributed by atoms with Gasteiger partial charge < -0.3 is 9.47 Å². The van der Waals surface area contributed by atoms with Crippen LogP contribution in [0.1, 0.15) is 32.5 Å². The fourth-order valence-corrected chi connectivity index (χ4v) is 2.37. The molecule has 8 heteroatoms. The number of hydrogen-bond acceptors (Lipinski definition) is 4. The molecule has 2 atom stereocenters. The fourth-order valence-electron chi connectivity index (χ4n) is 2.20. The van der Waals surface area contributed by atoms with E-state index in [1.165, 1.54) is 6.07 Å². The molecule has 0 radical (unpaired) electrons. The summed E-state index contributed by atoms with van der Waals surface area (Å²) >= 11 is 5.58. The Morgan fingerprint density at radius 1 is 1.25 bits per heavy atom. The molecular formula is C12H14ClF3N2O2. The van der Waals surface area contributed by atoms with E-state index in [9.17, 15) is 13.2 Å². The highest BCUT2D eigenvalue weighted by Gasteiger charge is 2.36. The van der Waals surface area contributed by atoms with Gasteiger partial charge in [0.2, 0.25) is 11.7 Å². The second-order valence-electron chi connectivity index (χ2n) is 4.82. The van der Waals surface area contributed by atoms with Crippen LogP contribution >= 0.6 is 11.6 Å². The second-order valence-corrected chi connectivity index (χ2v) is 5.21. The van der Waals surface area contributed by atoms with Gasteiger partial charge in [0.05, 0.1) is 12.2 Å². The maximum Gasteiger partial charge on any atom is 0.451 e. The number of hydrogen-bond donors (Lipinski definition) is 0. The third kappa shape index (κ3) is 3.96. The van der Waals surface area contributed by atoms with Crippen LogP contribution in [0.3, 0.4) is 0 Å². The van der Waals surface area contributed by atoms with Crippen LogP contribution in [0.15, 0.2) is 6.07 Å². The zero-order valence-corrected chi connectivity index (χ0v) is 11.7. The van der Waals surface area contributed by atoms with Gasteiger partial charge in [-0.3, -0.25) is 0 Å². The number of aromatic nitrogens is 2. The van der Waals surface area contributed by atoms with Crippen molar-refractivity contribution in [1.82, 2.24) is 9.97 Å². The molecule has 0 bridgehead atoms. The number of nitrogens with zero attached hydrogens (tertiary/aromatic N) is 2. The molecule has 0 N–H and O–H groups in total. The first kappa shape index (κ1) is 15.3.